The Kier molecular flexibility index (Phi) is 18.7. The van der Waals surface area contributed by atoms with E-state index in [9.17, 15) is 0 Å². The third-order valence-corrected chi connectivity index (χ3v) is 47.0. The normalized spacial score (nSPS) is 13.9. The van der Waals surface area contributed by atoms with Crippen LogP contribution >= 0.6 is 10.7 Å². The molecule has 4 nitrogen and oxygen atoms in total. The van der Waals surface area contributed by atoms with Gasteiger partial charge in [0.05, 0.1) is 0 Å². The Morgan fingerprint density at radius 2 is 0.686 bits per heavy atom. The molecule has 0 rings (SSSR count). The lowest BCUT2D eigenvalue weighted by atomic mass is 10.9. The van der Waals surface area contributed by atoms with Crippen molar-refractivity contribution in [2.75, 3.05) is 0 Å². The summed E-state index contributed by atoms with van der Waals surface area (Å²) < 4.78 is 29.1. The van der Waals surface area contributed by atoms with Gasteiger partial charge in [-0.15, -0.1) is 0 Å². The van der Waals surface area contributed by atoms with E-state index in [-0.39, 0.29) is 0 Å². The maximum atomic E-state index is 7.51. The molecule has 0 aromatic heterocycles. The van der Waals surface area contributed by atoms with Crippen molar-refractivity contribution < 1.29 is 16.5 Å². The summed E-state index contributed by atoms with van der Waals surface area (Å²) in [5.74, 6) is 0. The van der Waals surface area contributed by atoms with E-state index in [1.807, 2.05) is 0 Å². The average molecular weight is 615 g/mol. The van der Waals surface area contributed by atoms with Crippen LogP contribution in [0.5, 0.6) is 0 Å². The molecule has 0 heterocycles. The number of hydrogen-bond acceptors (Lipinski definition) is 5. The summed E-state index contributed by atoms with van der Waals surface area (Å²) in [5.41, 5.74) is 0. The minimum absolute atomic E-state index is 1.07. The maximum Gasteiger partial charge on any atom is 0.317 e. The maximum absolute atomic E-state index is 7.51. The molecule has 0 N–H and O–H groups in total. The van der Waals surface area contributed by atoms with E-state index in [0.717, 1.165) is 48.4 Å². The molecule has 0 aliphatic carbocycles. The second kappa shape index (κ2) is 18.0. The highest BCUT2D eigenvalue weighted by molar-refractivity contribution is 8.49. The number of rotatable bonds is 22. The molecular weight excluding hydrogens is 553 g/mol. The van der Waals surface area contributed by atoms with Crippen LogP contribution in [-0.2, 0) is 16.5 Å². The van der Waals surface area contributed by atoms with E-state index in [1.54, 1.807) is 0 Å². The fourth-order valence-corrected chi connectivity index (χ4v) is 51.9. The van der Waals surface area contributed by atoms with Crippen LogP contribution in [0, 0.1) is 0 Å². The molecule has 0 aliphatic rings. The molecule has 0 atom stereocenters. The van der Waals surface area contributed by atoms with Gasteiger partial charge in [-0.3, -0.25) is 0 Å². The fourth-order valence-electron chi connectivity index (χ4n) is 4.82. The van der Waals surface area contributed by atoms with Crippen LogP contribution in [0.3, 0.4) is 0 Å². The lowest BCUT2D eigenvalue weighted by molar-refractivity contribution is 0.380. The van der Waals surface area contributed by atoms with Crippen molar-refractivity contribution in [3.63, 3.8) is 0 Å². The molecule has 35 heavy (non-hydrogen) atoms. The third-order valence-electron chi connectivity index (χ3n) is 8.01. The van der Waals surface area contributed by atoms with E-state index in [1.165, 1.54) is 24.2 Å². The highest BCUT2D eigenvalue weighted by Gasteiger charge is 2.53. The molecule has 0 bridgehead atoms. The van der Waals surface area contributed by atoms with Crippen LogP contribution in [-0.4, -0.2) is 50.1 Å². The third kappa shape index (κ3) is 10.5. The van der Waals surface area contributed by atoms with Gasteiger partial charge in [0.2, 0.25) is 14.9 Å². The average Bonchev–Trinajstić information content (AvgIpc) is 2.92. The van der Waals surface area contributed by atoms with Crippen LogP contribution in [0.1, 0.15) is 83.1 Å². The molecule has 0 spiro atoms. The van der Waals surface area contributed by atoms with Gasteiger partial charge in [0.15, 0.2) is 18.1 Å². The van der Waals surface area contributed by atoms with Crippen molar-refractivity contribution in [2.45, 2.75) is 156 Å². The SMILES string of the molecule is CC[SiH](CC)O[Si](CC)(CC)O[Si](CC)(CC)S[Si](CC)(CC)O[Si](CC)(CC)O[SiH](CC)CC. The molecular formula is C24H62O4SSi6. The zero-order valence-corrected chi connectivity index (χ0v) is 32.8. The highest BCUT2D eigenvalue weighted by atomic mass is 32.5. The van der Waals surface area contributed by atoms with Crippen LogP contribution in [0.4, 0.5) is 0 Å². The first-order valence-electron chi connectivity index (χ1n) is 15.1. The topological polar surface area (TPSA) is 36.9 Å². The quantitative estimate of drug-likeness (QED) is 0.114. The van der Waals surface area contributed by atoms with Gasteiger partial charge in [0.25, 0.3) is 0 Å². The fraction of sp³-hybridized carbons (Fsp3) is 1.00. The summed E-state index contributed by atoms with van der Waals surface area (Å²) in [5, 5.41) is 0. The predicted molar refractivity (Wildman–Crippen MR) is 175 cm³/mol. The van der Waals surface area contributed by atoms with E-state index in [2.05, 4.69) is 93.7 Å². The molecule has 0 saturated heterocycles. The Hall–Kier alpha value is 1.49. The number of hydrogen-bond donors (Lipinski definition) is 0. The van der Waals surface area contributed by atoms with Crippen molar-refractivity contribution in [3.8, 4) is 0 Å². The zero-order chi connectivity index (χ0) is 27.2. The molecule has 0 amide bonds. The van der Waals surface area contributed by atoms with E-state index in [4.69, 9.17) is 16.5 Å². The first-order valence-corrected chi connectivity index (χ1v) is 30.6. The van der Waals surface area contributed by atoms with Crippen molar-refractivity contribution in [1.29, 1.82) is 0 Å². The molecule has 11 heteroatoms. The zero-order valence-electron chi connectivity index (χ0n) is 25.7. The summed E-state index contributed by atoms with van der Waals surface area (Å²) in [6.45, 7) is 28.1. The van der Waals surface area contributed by atoms with Gasteiger partial charge in [0, 0.05) is 0 Å². The summed E-state index contributed by atoms with van der Waals surface area (Å²) >= 11 is 0. The minimum atomic E-state index is -2.21. The van der Waals surface area contributed by atoms with E-state index < -0.39 is 50.1 Å². The van der Waals surface area contributed by atoms with Crippen LogP contribution in [0.15, 0.2) is 0 Å². The second-order valence-corrected chi connectivity index (χ2v) is 39.2. The molecule has 0 aromatic carbocycles. The summed E-state index contributed by atoms with van der Waals surface area (Å²) in [6, 6.07) is 13.7. The summed E-state index contributed by atoms with van der Waals surface area (Å²) in [4.78, 5) is 0. The molecule has 0 fully saturated rings. The van der Waals surface area contributed by atoms with Crippen molar-refractivity contribution in [2.24, 2.45) is 0 Å². The monoisotopic (exact) mass is 614 g/mol. The van der Waals surface area contributed by atoms with Crippen LogP contribution in [0.25, 0.3) is 0 Å². The Morgan fingerprint density at radius 1 is 0.429 bits per heavy atom. The Bertz CT molecular complexity index is 490. The second-order valence-electron chi connectivity index (χ2n) is 9.89. The Balaban J connectivity index is 6.29. The lowest BCUT2D eigenvalue weighted by Crippen LogP contribution is -2.58. The first-order chi connectivity index (χ1) is 16.6. The van der Waals surface area contributed by atoms with Gasteiger partial charge in [-0.05, 0) is 72.5 Å². The smallest absolute Gasteiger partial charge is 0.317 e. The molecule has 0 unspecified atom stereocenters. The van der Waals surface area contributed by atoms with E-state index >= 15 is 0 Å². The summed E-state index contributed by atoms with van der Waals surface area (Å²) in [7, 11) is -8.68. The first kappa shape index (κ1) is 36.5. The van der Waals surface area contributed by atoms with Crippen molar-refractivity contribution in [3.05, 3.63) is 0 Å². The van der Waals surface area contributed by atoms with Gasteiger partial charge >= 0.3 is 17.1 Å². The molecule has 212 valence electrons. The lowest BCUT2D eigenvalue weighted by Gasteiger charge is -2.47. The van der Waals surface area contributed by atoms with Gasteiger partial charge in [-0.1, -0.05) is 83.1 Å². The predicted octanol–water partition coefficient (Wildman–Crippen LogP) is 9.24. The molecule has 0 radical (unpaired) electrons. The highest BCUT2D eigenvalue weighted by Crippen LogP contribution is 2.46. The van der Waals surface area contributed by atoms with Gasteiger partial charge in [0.1, 0.15) is 0 Å². The molecule has 0 aliphatic heterocycles. The Morgan fingerprint density at radius 3 is 0.857 bits per heavy atom. The Labute approximate surface area is 231 Å². The summed E-state index contributed by atoms with van der Waals surface area (Å²) in [6.07, 6.45) is 0. The van der Waals surface area contributed by atoms with Gasteiger partial charge in [-0.25, -0.2) is 0 Å². The van der Waals surface area contributed by atoms with Crippen LogP contribution in [0.2, 0.25) is 72.5 Å². The van der Waals surface area contributed by atoms with Crippen molar-refractivity contribution >= 4 is 60.8 Å². The van der Waals surface area contributed by atoms with Crippen molar-refractivity contribution in [1.82, 2.24) is 0 Å². The largest absolute Gasteiger partial charge is 0.439 e. The minimum Gasteiger partial charge on any atom is -0.439 e. The van der Waals surface area contributed by atoms with E-state index in [0.29, 0.717) is 0 Å². The molecule has 0 aromatic rings. The van der Waals surface area contributed by atoms with Gasteiger partial charge in [-0.2, -0.15) is 10.7 Å². The van der Waals surface area contributed by atoms with Crippen LogP contribution < -0.4 is 0 Å². The standard InChI is InChI=1S/C24H62O4SSi6/c1-13-30(14-2)25-32(17-5,18-6)27-34(21-9,22-10)29-35(23-11,24-12)28-33(19-7,20-8)26-31(15-3)16-4/h30-31H,13-24H2,1-12H3. The van der Waals surface area contributed by atoms with Gasteiger partial charge < -0.3 is 16.5 Å². The molecule has 0 saturated carbocycles.